The van der Waals surface area contributed by atoms with E-state index in [2.05, 4.69) is 36.9 Å². The van der Waals surface area contributed by atoms with E-state index in [4.69, 9.17) is 4.99 Å². The van der Waals surface area contributed by atoms with E-state index in [-0.39, 0.29) is 5.75 Å². The molecule has 4 aromatic carbocycles. The Morgan fingerprint density at radius 3 is 2.19 bits per heavy atom. The second-order valence-electron chi connectivity index (χ2n) is 5.16. The van der Waals surface area contributed by atoms with Gasteiger partial charge >= 0.3 is 0 Å². The molecule has 0 spiro atoms. The average molecular weight is 271 g/mol. The molecule has 1 N–H and O–H groups in total. The van der Waals surface area contributed by atoms with Crippen molar-refractivity contribution in [1.82, 2.24) is 0 Å². The number of phenols is 1. The predicted octanol–water partition coefficient (Wildman–Crippen LogP) is 3.50. The summed E-state index contributed by atoms with van der Waals surface area (Å²) in [6.07, 6.45) is 0. The van der Waals surface area contributed by atoms with Gasteiger partial charge in [0.1, 0.15) is 5.75 Å². The first kappa shape index (κ1) is 11.9. The van der Waals surface area contributed by atoms with Crippen molar-refractivity contribution in [3.8, 4) is 5.75 Å². The maximum Gasteiger partial charge on any atom is 0.115 e. The van der Waals surface area contributed by atoms with Gasteiger partial charge in [-0.2, -0.15) is 0 Å². The van der Waals surface area contributed by atoms with Crippen molar-refractivity contribution < 1.29 is 5.11 Å². The Labute approximate surface area is 121 Å². The topological polar surface area (TPSA) is 32.6 Å². The summed E-state index contributed by atoms with van der Waals surface area (Å²) in [7, 11) is 0. The number of hydrogen-bond donors (Lipinski definition) is 1. The van der Waals surface area contributed by atoms with E-state index in [9.17, 15) is 5.11 Å². The highest BCUT2D eigenvalue weighted by atomic mass is 16.3. The molecule has 0 fully saturated rings. The zero-order valence-electron chi connectivity index (χ0n) is 11.4. The lowest BCUT2D eigenvalue weighted by atomic mass is 10.1. The minimum Gasteiger partial charge on any atom is -0.508 e. The first-order chi connectivity index (χ1) is 10.2. The normalized spacial score (nSPS) is 12.5. The summed E-state index contributed by atoms with van der Waals surface area (Å²) in [6, 6.07) is 19.4. The quantitative estimate of drug-likeness (QED) is 0.564. The number of aromatic hydroxyl groups is 1. The first-order valence-electron chi connectivity index (χ1n) is 6.83. The smallest absolute Gasteiger partial charge is 0.115 e. The van der Waals surface area contributed by atoms with Crippen LogP contribution < -0.4 is 10.6 Å². The number of benzene rings is 3. The molecule has 100 valence electrons. The molecule has 0 aliphatic heterocycles. The standard InChI is InChI=1S/C19H13NO/c1-12-16-6-2-4-13-5-3-7-17(18(13)16)19(12)20-14-8-10-15(21)11-9-14/h2-11,21H,1H2/b20-19-. The first-order valence-corrected chi connectivity index (χ1v) is 6.83. The van der Waals surface area contributed by atoms with Gasteiger partial charge in [0.25, 0.3) is 0 Å². The van der Waals surface area contributed by atoms with Gasteiger partial charge in [-0.1, -0.05) is 43.0 Å². The Balaban J connectivity index is 2.14. The van der Waals surface area contributed by atoms with E-state index in [0.717, 1.165) is 27.0 Å². The van der Waals surface area contributed by atoms with Gasteiger partial charge in [-0.15, -0.1) is 0 Å². The molecular formula is C19H13NO. The number of rotatable bonds is 1. The molecule has 4 rings (SSSR count). The van der Waals surface area contributed by atoms with Crippen LogP contribution in [0.4, 0.5) is 5.69 Å². The molecule has 0 atom stereocenters. The highest BCUT2D eigenvalue weighted by Gasteiger charge is 2.08. The summed E-state index contributed by atoms with van der Waals surface area (Å²) < 4.78 is 0. The molecule has 2 nitrogen and oxygen atoms in total. The SMILES string of the molecule is C=c1/c(=N/c2ccc(O)cc2)c2cccc3cccc1c32. The molecule has 0 aliphatic carbocycles. The maximum absolute atomic E-state index is 9.37. The summed E-state index contributed by atoms with van der Waals surface area (Å²) in [5.74, 6) is 0.245. The van der Waals surface area contributed by atoms with Crippen molar-refractivity contribution in [2.24, 2.45) is 4.99 Å². The highest BCUT2D eigenvalue weighted by Crippen LogP contribution is 2.23. The van der Waals surface area contributed by atoms with Gasteiger partial charge in [-0.3, -0.25) is 0 Å². The zero-order chi connectivity index (χ0) is 14.4. The molecule has 0 bridgehead atoms. The summed E-state index contributed by atoms with van der Waals surface area (Å²) in [4.78, 5) is 4.73. The fourth-order valence-corrected chi connectivity index (χ4v) is 2.86. The summed E-state index contributed by atoms with van der Waals surface area (Å²) in [6.45, 7) is 4.21. The fraction of sp³-hybridized carbons (Fsp3) is 0. The number of phenolic OH excluding ortho intramolecular Hbond substituents is 1. The minimum absolute atomic E-state index is 0.245. The fourth-order valence-electron chi connectivity index (χ4n) is 2.86. The number of hydrogen-bond acceptors (Lipinski definition) is 2. The van der Waals surface area contributed by atoms with E-state index in [0.29, 0.717) is 0 Å². The van der Waals surface area contributed by atoms with E-state index >= 15 is 0 Å². The van der Waals surface area contributed by atoms with Gasteiger partial charge in [0, 0.05) is 10.6 Å². The minimum atomic E-state index is 0.245. The van der Waals surface area contributed by atoms with Crippen LogP contribution in [0, 0.1) is 0 Å². The van der Waals surface area contributed by atoms with Crippen LogP contribution >= 0.6 is 0 Å². The van der Waals surface area contributed by atoms with Gasteiger partial charge in [0.05, 0.1) is 11.0 Å². The van der Waals surface area contributed by atoms with Crippen LogP contribution in [0.25, 0.3) is 28.1 Å². The Kier molecular flexibility index (Phi) is 2.45. The monoisotopic (exact) mass is 271 g/mol. The molecule has 0 unspecified atom stereocenters. The molecule has 0 amide bonds. The summed E-state index contributed by atoms with van der Waals surface area (Å²) >= 11 is 0. The van der Waals surface area contributed by atoms with Gasteiger partial charge in [0.15, 0.2) is 0 Å². The van der Waals surface area contributed by atoms with Crippen molar-refractivity contribution in [3.05, 3.63) is 71.2 Å². The molecular weight excluding hydrogens is 258 g/mol. The van der Waals surface area contributed by atoms with Gasteiger partial charge in [-0.05, 0) is 40.4 Å². The predicted molar refractivity (Wildman–Crippen MR) is 86.7 cm³/mol. The lowest BCUT2D eigenvalue weighted by Gasteiger charge is -1.97. The van der Waals surface area contributed by atoms with Gasteiger partial charge in [0.2, 0.25) is 0 Å². The van der Waals surface area contributed by atoms with E-state index < -0.39 is 0 Å². The Morgan fingerprint density at radius 2 is 1.48 bits per heavy atom. The lowest BCUT2D eigenvalue weighted by Crippen LogP contribution is -2.18. The van der Waals surface area contributed by atoms with Crippen LogP contribution in [0.2, 0.25) is 0 Å². The molecule has 0 heterocycles. The maximum atomic E-state index is 9.37. The second-order valence-corrected chi connectivity index (χ2v) is 5.16. The van der Waals surface area contributed by atoms with Crippen LogP contribution in [0.3, 0.4) is 0 Å². The van der Waals surface area contributed by atoms with Crippen LogP contribution in [-0.4, -0.2) is 5.11 Å². The second kappa shape index (κ2) is 4.32. The zero-order valence-corrected chi connectivity index (χ0v) is 11.4. The van der Waals surface area contributed by atoms with Crippen LogP contribution in [-0.2, 0) is 0 Å². The van der Waals surface area contributed by atoms with Crippen molar-refractivity contribution >= 4 is 33.8 Å². The molecule has 0 aliphatic rings. The van der Waals surface area contributed by atoms with Crippen LogP contribution in [0.1, 0.15) is 0 Å². The van der Waals surface area contributed by atoms with E-state index in [1.807, 2.05) is 6.07 Å². The van der Waals surface area contributed by atoms with Crippen molar-refractivity contribution in [3.63, 3.8) is 0 Å². The van der Waals surface area contributed by atoms with E-state index in [1.54, 1.807) is 24.3 Å². The third-order valence-electron chi connectivity index (χ3n) is 3.86. The summed E-state index contributed by atoms with van der Waals surface area (Å²) in [5.41, 5.74) is 0.814. The molecule has 21 heavy (non-hydrogen) atoms. The van der Waals surface area contributed by atoms with E-state index in [1.165, 1.54) is 10.8 Å². The van der Waals surface area contributed by atoms with Crippen LogP contribution in [0.5, 0.6) is 5.75 Å². The number of nitrogens with zero attached hydrogens (tertiary/aromatic N) is 1. The molecule has 0 aromatic heterocycles. The van der Waals surface area contributed by atoms with Gasteiger partial charge < -0.3 is 5.11 Å². The molecule has 0 radical (unpaired) electrons. The molecule has 0 saturated heterocycles. The van der Waals surface area contributed by atoms with Crippen LogP contribution in [0.15, 0.2) is 65.7 Å². The van der Waals surface area contributed by atoms with Gasteiger partial charge in [-0.25, -0.2) is 4.99 Å². The Bertz CT molecular complexity index is 1040. The van der Waals surface area contributed by atoms with Crippen molar-refractivity contribution in [2.75, 3.05) is 0 Å². The Hall–Kier alpha value is -2.87. The third-order valence-corrected chi connectivity index (χ3v) is 3.86. The molecule has 0 saturated carbocycles. The Morgan fingerprint density at radius 1 is 0.810 bits per heavy atom. The summed E-state index contributed by atoms with van der Waals surface area (Å²) in [5, 5.41) is 15.9. The lowest BCUT2D eigenvalue weighted by molar-refractivity contribution is 0.475. The largest absolute Gasteiger partial charge is 0.508 e. The molecule has 4 aromatic rings. The van der Waals surface area contributed by atoms with Crippen molar-refractivity contribution in [1.29, 1.82) is 0 Å². The molecule has 2 heteroatoms. The average Bonchev–Trinajstić information content (AvgIpc) is 2.78. The third kappa shape index (κ3) is 1.77. The highest BCUT2D eigenvalue weighted by molar-refractivity contribution is 6.11. The van der Waals surface area contributed by atoms with Crippen molar-refractivity contribution in [2.45, 2.75) is 0 Å².